The molecule has 0 radical (unpaired) electrons. The van der Waals surface area contributed by atoms with Crippen molar-refractivity contribution in [2.45, 2.75) is 12.5 Å². The predicted molar refractivity (Wildman–Crippen MR) is 74.1 cm³/mol. The van der Waals surface area contributed by atoms with Gasteiger partial charge < -0.3 is 21.1 Å². The summed E-state index contributed by atoms with van der Waals surface area (Å²) in [6, 6.07) is -0.728. The first-order valence-corrected chi connectivity index (χ1v) is 6.96. The summed E-state index contributed by atoms with van der Waals surface area (Å²) in [7, 11) is 0. The number of carbonyl (C=O) groups is 1. The molecule has 0 aliphatic rings. The lowest BCUT2D eigenvalue weighted by atomic mass is 10.2. The van der Waals surface area contributed by atoms with Gasteiger partial charge >= 0.3 is 5.97 Å². The summed E-state index contributed by atoms with van der Waals surface area (Å²) in [5.74, 6) is 0.208. The highest BCUT2D eigenvalue weighted by Crippen LogP contribution is 2.19. The van der Waals surface area contributed by atoms with Crippen molar-refractivity contribution in [2.75, 3.05) is 23.1 Å². The second-order valence-corrected chi connectivity index (χ2v) is 4.83. The van der Waals surface area contributed by atoms with Gasteiger partial charge in [-0.2, -0.15) is 21.7 Å². The number of hydrogen-bond donors (Lipinski definition) is 4. The molecule has 0 saturated heterocycles. The molecule has 0 aliphatic carbocycles. The van der Waals surface area contributed by atoms with Crippen LogP contribution in [-0.2, 0) is 4.79 Å². The molecule has 0 saturated carbocycles. The summed E-state index contributed by atoms with van der Waals surface area (Å²) in [6.45, 7) is 0. The summed E-state index contributed by atoms with van der Waals surface area (Å²) < 4.78 is 0. The van der Waals surface area contributed by atoms with E-state index in [0.29, 0.717) is 23.4 Å². The first kappa shape index (κ1) is 13.4. The summed E-state index contributed by atoms with van der Waals surface area (Å²) >= 11 is 1.59. The molecule has 0 spiro atoms. The quantitative estimate of drug-likeness (QED) is 0.604. The number of anilines is 2. The average Bonchev–Trinajstić information content (AvgIpc) is 2.81. The van der Waals surface area contributed by atoms with Crippen LogP contribution < -0.4 is 11.1 Å². The first-order valence-electron chi connectivity index (χ1n) is 5.56. The number of H-pyrrole nitrogens is 1. The molecule has 2 aromatic rings. The summed E-state index contributed by atoms with van der Waals surface area (Å²) in [4.78, 5) is 26.0. The molecule has 9 heteroatoms. The molecular formula is C10H14N6O2S. The number of aliphatic carboxylic acids is 1. The minimum Gasteiger partial charge on any atom is -0.480 e. The van der Waals surface area contributed by atoms with Crippen LogP contribution in [0.25, 0.3) is 11.2 Å². The predicted octanol–water partition coefficient (Wildman–Crippen LogP) is 0.553. The van der Waals surface area contributed by atoms with Crippen molar-refractivity contribution in [3.8, 4) is 0 Å². The van der Waals surface area contributed by atoms with Crippen LogP contribution in [0.4, 0.5) is 11.8 Å². The van der Waals surface area contributed by atoms with Crippen molar-refractivity contribution in [1.29, 1.82) is 0 Å². The maximum absolute atomic E-state index is 11.2. The molecular weight excluding hydrogens is 268 g/mol. The van der Waals surface area contributed by atoms with E-state index in [1.807, 2.05) is 6.26 Å². The number of imidazole rings is 1. The van der Waals surface area contributed by atoms with E-state index < -0.39 is 12.0 Å². The van der Waals surface area contributed by atoms with Gasteiger partial charge in [0.15, 0.2) is 11.5 Å². The summed E-state index contributed by atoms with van der Waals surface area (Å²) in [6.07, 6.45) is 3.87. The number of carboxylic acids is 1. The number of nitrogens with two attached hydrogens (primary N) is 1. The second-order valence-electron chi connectivity index (χ2n) is 3.85. The minimum atomic E-state index is -0.932. The lowest BCUT2D eigenvalue weighted by molar-refractivity contribution is -0.137. The standard InChI is InChI=1S/C10H14N6O2S/c1-19-3-2-5(9(17)18)14-8-6-7(13-4-12-6)15-10(11)16-8/h4-5H,2-3H2,1H3,(H,17,18)(H4,11,12,13,14,15,16)/t5-/m0/s1. The van der Waals surface area contributed by atoms with Gasteiger partial charge in [-0.1, -0.05) is 0 Å². The van der Waals surface area contributed by atoms with Crippen LogP contribution in [0, 0.1) is 0 Å². The van der Waals surface area contributed by atoms with Crippen LogP contribution >= 0.6 is 11.8 Å². The normalized spacial score (nSPS) is 12.5. The maximum atomic E-state index is 11.2. The van der Waals surface area contributed by atoms with Gasteiger partial charge in [-0.25, -0.2) is 9.78 Å². The number of fused-ring (bicyclic) bond motifs is 1. The Morgan fingerprint density at radius 2 is 2.42 bits per heavy atom. The minimum absolute atomic E-state index is 0.0519. The molecule has 5 N–H and O–H groups in total. The van der Waals surface area contributed by atoms with Crippen LogP contribution in [0.15, 0.2) is 6.33 Å². The molecule has 0 amide bonds. The van der Waals surface area contributed by atoms with Gasteiger partial charge in [0, 0.05) is 0 Å². The van der Waals surface area contributed by atoms with Gasteiger partial charge in [0.1, 0.15) is 11.6 Å². The lowest BCUT2D eigenvalue weighted by Gasteiger charge is -2.14. The molecule has 2 rings (SSSR count). The van der Waals surface area contributed by atoms with Gasteiger partial charge in [0.25, 0.3) is 0 Å². The van der Waals surface area contributed by atoms with Gasteiger partial charge in [-0.15, -0.1) is 0 Å². The lowest BCUT2D eigenvalue weighted by Crippen LogP contribution is -2.30. The van der Waals surface area contributed by atoms with Gasteiger partial charge in [0.2, 0.25) is 5.95 Å². The van der Waals surface area contributed by atoms with Crippen molar-refractivity contribution in [1.82, 2.24) is 19.9 Å². The zero-order valence-electron chi connectivity index (χ0n) is 10.3. The largest absolute Gasteiger partial charge is 0.480 e. The highest BCUT2D eigenvalue weighted by atomic mass is 32.2. The number of nitrogens with one attached hydrogen (secondary N) is 2. The van der Waals surface area contributed by atoms with Crippen molar-refractivity contribution in [3.63, 3.8) is 0 Å². The van der Waals surface area contributed by atoms with Crippen molar-refractivity contribution < 1.29 is 9.90 Å². The molecule has 8 nitrogen and oxygen atoms in total. The number of nitrogen functional groups attached to an aromatic ring is 1. The monoisotopic (exact) mass is 282 g/mol. The number of rotatable bonds is 6. The Morgan fingerprint density at radius 3 is 3.11 bits per heavy atom. The van der Waals surface area contributed by atoms with Gasteiger partial charge in [0.05, 0.1) is 6.33 Å². The average molecular weight is 282 g/mol. The second kappa shape index (κ2) is 5.74. The number of hydrogen-bond acceptors (Lipinski definition) is 7. The Bertz CT molecular complexity index is 586. The fourth-order valence-electron chi connectivity index (χ4n) is 1.61. The molecule has 1 atom stereocenters. The summed E-state index contributed by atoms with van der Waals surface area (Å²) in [5.41, 5.74) is 6.52. The third-order valence-corrected chi connectivity index (χ3v) is 3.17. The highest BCUT2D eigenvalue weighted by molar-refractivity contribution is 7.98. The van der Waals surface area contributed by atoms with Gasteiger partial charge in [-0.05, 0) is 18.4 Å². The van der Waals surface area contributed by atoms with Crippen LogP contribution in [0.5, 0.6) is 0 Å². The summed E-state index contributed by atoms with van der Waals surface area (Å²) in [5, 5.41) is 12.0. The topological polar surface area (TPSA) is 130 Å². The fraction of sp³-hybridized carbons (Fsp3) is 0.400. The smallest absolute Gasteiger partial charge is 0.326 e. The van der Waals surface area contributed by atoms with Crippen LogP contribution in [0.1, 0.15) is 6.42 Å². The molecule has 2 heterocycles. The molecule has 0 bridgehead atoms. The molecule has 0 aromatic carbocycles. The molecule has 102 valence electrons. The number of aromatic nitrogens is 4. The van der Waals surface area contributed by atoms with E-state index in [9.17, 15) is 9.90 Å². The van der Waals surface area contributed by atoms with E-state index in [1.54, 1.807) is 11.8 Å². The molecule has 0 fully saturated rings. The third kappa shape index (κ3) is 3.05. The molecule has 0 aliphatic heterocycles. The zero-order valence-corrected chi connectivity index (χ0v) is 11.1. The Balaban J connectivity index is 2.27. The van der Waals surface area contributed by atoms with E-state index in [2.05, 4.69) is 25.3 Å². The molecule has 2 aromatic heterocycles. The molecule has 19 heavy (non-hydrogen) atoms. The van der Waals surface area contributed by atoms with Crippen molar-refractivity contribution in [2.24, 2.45) is 0 Å². The van der Waals surface area contributed by atoms with Gasteiger partial charge in [-0.3, -0.25) is 0 Å². The zero-order chi connectivity index (χ0) is 13.8. The Hall–Kier alpha value is -2.03. The van der Waals surface area contributed by atoms with Crippen molar-refractivity contribution in [3.05, 3.63) is 6.33 Å². The fourth-order valence-corrected chi connectivity index (χ4v) is 2.08. The Kier molecular flexibility index (Phi) is 4.05. The number of aromatic amines is 1. The van der Waals surface area contributed by atoms with Crippen molar-refractivity contribution >= 4 is 40.7 Å². The maximum Gasteiger partial charge on any atom is 0.326 e. The van der Waals surface area contributed by atoms with E-state index >= 15 is 0 Å². The Morgan fingerprint density at radius 1 is 1.63 bits per heavy atom. The number of carboxylic acid groups (broad SMARTS) is 1. The number of nitrogens with zero attached hydrogens (tertiary/aromatic N) is 3. The first-order chi connectivity index (χ1) is 9.11. The SMILES string of the molecule is CSCC[C@H](Nc1nc(N)nc2nc[nH]c12)C(=O)O. The van der Waals surface area contributed by atoms with E-state index in [1.165, 1.54) is 6.33 Å². The Labute approximate surface area is 113 Å². The van der Waals surface area contributed by atoms with Crippen LogP contribution in [0.3, 0.4) is 0 Å². The van der Waals surface area contributed by atoms with Crippen LogP contribution in [-0.4, -0.2) is 49.1 Å². The third-order valence-electron chi connectivity index (χ3n) is 2.52. The van der Waals surface area contributed by atoms with E-state index in [4.69, 9.17) is 5.73 Å². The highest BCUT2D eigenvalue weighted by Gasteiger charge is 2.19. The van der Waals surface area contributed by atoms with E-state index in [0.717, 1.165) is 5.75 Å². The molecule has 0 unspecified atom stereocenters. The number of thioether (sulfide) groups is 1. The van der Waals surface area contributed by atoms with Crippen LogP contribution in [0.2, 0.25) is 0 Å². The van der Waals surface area contributed by atoms with E-state index in [-0.39, 0.29) is 5.95 Å².